The second-order valence-corrected chi connectivity index (χ2v) is 6.36. The van der Waals surface area contributed by atoms with Crippen LogP contribution in [0.4, 0.5) is 8.78 Å². The highest BCUT2D eigenvalue weighted by molar-refractivity contribution is 6.08. The zero-order valence-corrected chi connectivity index (χ0v) is 13.4. The number of H-pyrrole nitrogens is 1. The molecule has 0 radical (unpaired) electrons. The number of aromatic nitrogens is 2. The number of fused-ring (bicyclic) bond motifs is 1. The minimum Gasteiger partial charge on any atom is -0.345 e. The van der Waals surface area contributed by atoms with Gasteiger partial charge in [0.2, 0.25) is 0 Å². The molecule has 0 bridgehead atoms. The number of rotatable bonds is 4. The number of carbonyl (C=O) groups excluding carboxylic acids is 1. The molecule has 3 rings (SSSR count). The molecule has 1 aromatic carbocycles. The van der Waals surface area contributed by atoms with Crippen molar-refractivity contribution in [2.75, 3.05) is 0 Å². The van der Waals surface area contributed by atoms with E-state index in [1.54, 1.807) is 12.3 Å². The van der Waals surface area contributed by atoms with E-state index >= 15 is 0 Å². The van der Waals surface area contributed by atoms with Gasteiger partial charge in [0.15, 0.2) is 17.4 Å². The van der Waals surface area contributed by atoms with Crippen LogP contribution in [0.5, 0.6) is 0 Å². The van der Waals surface area contributed by atoms with Gasteiger partial charge >= 0.3 is 0 Å². The van der Waals surface area contributed by atoms with E-state index in [1.807, 2.05) is 13.8 Å². The molecule has 0 aliphatic heterocycles. The lowest BCUT2D eigenvalue weighted by atomic mass is 9.95. The van der Waals surface area contributed by atoms with E-state index in [0.29, 0.717) is 16.6 Å². The zero-order valence-electron chi connectivity index (χ0n) is 13.4. The molecule has 3 aromatic rings. The molecular formula is C18H17F2N3O. The fraction of sp³-hybridized carbons (Fsp3) is 0.222. The van der Waals surface area contributed by atoms with E-state index in [1.165, 1.54) is 18.3 Å². The topological polar surface area (TPSA) is 71.8 Å². The molecule has 0 fully saturated rings. The number of ketones is 1. The Morgan fingerprint density at radius 2 is 2.08 bits per heavy atom. The van der Waals surface area contributed by atoms with Gasteiger partial charge in [-0.15, -0.1) is 0 Å². The number of pyridine rings is 1. The molecule has 3 N–H and O–H groups in total. The summed E-state index contributed by atoms with van der Waals surface area (Å²) in [6.07, 6.45) is 2.95. The average molecular weight is 329 g/mol. The lowest BCUT2D eigenvalue weighted by molar-refractivity contribution is 0.0993. The molecular weight excluding hydrogens is 312 g/mol. The van der Waals surface area contributed by atoms with Crippen molar-refractivity contribution in [3.05, 3.63) is 65.0 Å². The maximum atomic E-state index is 13.8. The molecule has 4 nitrogen and oxygen atoms in total. The smallest absolute Gasteiger partial charge is 0.169 e. The van der Waals surface area contributed by atoms with Crippen molar-refractivity contribution < 1.29 is 13.6 Å². The second kappa shape index (κ2) is 5.79. The van der Waals surface area contributed by atoms with Crippen molar-refractivity contribution >= 4 is 16.8 Å². The summed E-state index contributed by atoms with van der Waals surface area (Å²) in [6.45, 7) is 3.68. The number of hydrogen-bond acceptors (Lipinski definition) is 3. The quantitative estimate of drug-likeness (QED) is 0.720. The standard InChI is InChI=1S/C18H17F2N3O/c1-18(2,21)11-7-12-13(9-23-17(12)22-8-11)15(24)6-10-4-3-5-14(19)16(10)20/h3-5,7-9H,6,21H2,1-2H3,(H,22,23). The molecule has 2 aromatic heterocycles. The summed E-state index contributed by atoms with van der Waals surface area (Å²) in [5.74, 6) is -2.28. The third kappa shape index (κ3) is 2.92. The van der Waals surface area contributed by atoms with Gasteiger partial charge in [0.1, 0.15) is 5.65 Å². The maximum absolute atomic E-state index is 13.8. The Morgan fingerprint density at radius 1 is 1.33 bits per heavy atom. The van der Waals surface area contributed by atoms with Crippen LogP contribution in [0.2, 0.25) is 0 Å². The van der Waals surface area contributed by atoms with Crippen molar-refractivity contribution in [1.29, 1.82) is 0 Å². The summed E-state index contributed by atoms with van der Waals surface area (Å²) in [4.78, 5) is 19.7. The van der Waals surface area contributed by atoms with Gasteiger partial charge in [-0.25, -0.2) is 13.8 Å². The van der Waals surface area contributed by atoms with Crippen LogP contribution in [-0.4, -0.2) is 15.8 Å². The number of halogens is 2. The monoisotopic (exact) mass is 329 g/mol. The van der Waals surface area contributed by atoms with Gasteiger partial charge in [-0.05, 0) is 37.1 Å². The normalized spacial score (nSPS) is 11.9. The largest absolute Gasteiger partial charge is 0.345 e. The highest BCUT2D eigenvalue weighted by atomic mass is 19.2. The minimum absolute atomic E-state index is 0.0256. The van der Waals surface area contributed by atoms with Crippen LogP contribution in [0, 0.1) is 11.6 Å². The second-order valence-electron chi connectivity index (χ2n) is 6.36. The minimum atomic E-state index is -0.993. The summed E-state index contributed by atoms with van der Waals surface area (Å²) in [5.41, 5.74) is 7.21. The summed E-state index contributed by atoms with van der Waals surface area (Å²) in [6, 6.07) is 5.60. The molecule has 124 valence electrons. The average Bonchev–Trinajstić information content (AvgIpc) is 2.94. The van der Waals surface area contributed by atoms with Gasteiger partial charge in [-0.1, -0.05) is 12.1 Å². The van der Waals surface area contributed by atoms with Gasteiger partial charge in [0, 0.05) is 35.3 Å². The molecule has 0 amide bonds. The molecule has 0 atom stereocenters. The SMILES string of the molecule is CC(C)(N)c1cnc2[nH]cc(C(=O)Cc3cccc(F)c3F)c2c1. The van der Waals surface area contributed by atoms with Crippen molar-refractivity contribution in [3.63, 3.8) is 0 Å². The molecule has 0 spiro atoms. The van der Waals surface area contributed by atoms with E-state index in [0.717, 1.165) is 11.6 Å². The maximum Gasteiger partial charge on any atom is 0.169 e. The first-order valence-corrected chi connectivity index (χ1v) is 7.50. The van der Waals surface area contributed by atoms with Gasteiger partial charge in [0.05, 0.1) is 0 Å². The molecule has 0 unspecified atom stereocenters. The Morgan fingerprint density at radius 3 is 2.79 bits per heavy atom. The lowest BCUT2D eigenvalue weighted by Gasteiger charge is -2.18. The van der Waals surface area contributed by atoms with Crippen molar-refractivity contribution in [2.24, 2.45) is 5.73 Å². The number of aromatic amines is 1. The predicted molar refractivity (Wildman–Crippen MR) is 87.7 cm³/mol. The van der Waals surface area contributed by atoms with Crippen molar-refractivity contribution in [1.82, 2.24) is 9.97 Å². The molecule has 24 heavy (non-hydrogen) atoms. The Balaban J connectivity index is 1.99. The Labute approximate surface area is 137 Å². The van der Waals surface area contributed by atoms with Gasteiger partial charge in [-0.2, -0.15) is 0 Å². The summed E-state index contributed by atoms with van der Waals surface area (Å²) in [5, 5.41) is 0.618. The van der Waals surface area contributed by atoms with Crippen LogP contribution in [0.3, 0.4) is 0 Å². The molecule has 6 heteroatoms. The molecule has 0 saturated carbocycles. The first-order chi connectivity index (χ1) is 11.3. The predicted octanol–water partition coefficient (Wildman–Crippen LogP) is 3.46. The number of nitrogens with two attached hydrogens (primary N) is 1. The third-order valence-corrected chi connectivity index (χ3v) is 3.96. The third-order valence-electron chi connectivity index (χ3n) is 3.96. The highest BCUT2D eigenvalue weighted by Gasteiger charge is 2.20. The van der Waals surface area contributed by atoms with Crippen LogP contribution in [0.25, 0.3) is 11.0 Å². The summed E-state index contributed by atoms with van der Waals surface area (Å²) >= 11 is 0. The van der Waals surface area contributed by atoms with Crippen LogP contribution in [0.15, 0.2) is 36.7 Å². The summed E-state index contributed by atoms with van der Waals surface area (Å²) in [7, 11) is 0. The Bertz CT molecular complexity index is 926. The number of carbonyl (C=O) groups is 1. The van der Waals surface area contributed by atoms with Crippen molar-refractivity contribution in [3.8, 4) is 0 Å². The first kappa shape index (κ1) is 16.3. The fourth-order valence-electron chi connectivity index (χ4n) is 2.54. The van der Waals surface area contributed by atoms with Crippen molar-refractivity contribution in [2.45, 2.75) is 25.8 Å². The van der Waals surface area contributed by atoms with E-state index in [9.17, 15) is 13.6 Å². The Kier molecular flexibility index (Phi) is 3.93. The number of nitrogens with zero attached hydrogens (tertiary/aromatic N) is 1. The van der Waals surface area contributed by atoms with Gasteiger partial charge in [0.25, 0.3) is 0 Å². The Hall–Kier alpha value is -2.60. The van der Waals surface area contributed by atoms with E-state index in [-0.39, 0.29) is 17.8 Å². The van der Waals surface area contributed by atoms with Crippen LogP contribution in [-0.2, 0) is 12.0 Å². The molecule has 0 saturated heterocycles. The number of benzene rings is 1. The van der Waals surface area contributed by atoms with Crippen LogP contribution >= 0.6 is 0 Å². The molecule has 2 heterocycles. The molecule has 0 aliphatic carbocycles. The van der Waals surface area contributed by atoms with Crippen LogP contribution < -0.4 is 5.73 Å². The fourth-order valence-corrected chi connectivity index (χ4v) is 2.54. The van der Waals surface area contributed by atoms with E-state index in [4.69, 9.17) is 5.73 Å². The number of Topliss-reactive ketones (excluding diaryl/α,β-unsaturated/α-hetero) is 1. The van der Waals surface area contributed by atoms with Gasteiger partial charge in [-0.3, -0.25) is 4.79 Å². The highest BCUT2D eigenvalue weighted by Crippen LogP contribution is 2.24. The first-order valence-electron chi connectivity index (χ1n) is 7.50. The van der Waals surface area contributed by atoms with E-state index in [2.05, 4.69) is 9.97 Å². The zero-order chi connectivity index (χ0) is 17.5. The van der Waals surface area contributed by atoms with Crippen LogP contribution in [0.1, 0.15) is 35.3 Å². The summed E-state index contributed by atoms with van der Waals surface area (Å²) < 4.78 is 27.1. The lowest BCUT2D eigenvalue weighted by Crippen LogP contribution is -2.28. The molecule has 0 aliphatic rings. The number of hydrogen-bond donors (Lipinski definition) is 2. The number of nitrogens with one attached hydrogen (secondary N) is 1. The van der Waals surface area contributed by atoms with E-state index < -0.39 is 17.2 Å². The van der Waals surface area contributed by atoms with Gasteiger partial charge < -0.3 is 10.7 Å².